The number of aliphatic hydroxyl groups is 1. The molecule has 0 aliphatic carbocycles. The molecule has 0 unspecified atom stereocenters. The summed E-state index contributed by atoms with van der Waals surface area (Å²) >= 11 is 1.26. The third-order valence-corrected chi connectivity index (χ3v) is 6.05. The lowest BCUT2D eigenvalue weighted by molar-refractivity contribution is -0.154. The lowest BCUT2D eigenvalue weighted by Crippen LogP contribution is -2.70. The van der Waals surface area contributed by atoms with E-state index in [4.69, 9.17) is 9.47 Å². The van der Waals surface area contributed by atoms with Gasteiger partial charge in [0.1, 0.15) is 29.5 Å². The van der Waals surface area contributed by atoms with Gasteiger partial charge in [-0.25, -0.2) is 4.79 Å². The van der Waals surface area contributed by atoms with Gasteiger partial charge in [-0.2, -0.15) is 0 Å². The topological polar surface area (TPSA) is 105 Å². The lowest BCUT2D eigenvalue weighted by atomic mass is 10.0. The minimum absolute atomic E-state index is 0.0211. The van der Waals surface area contributed by atoms with Crippen LogP contribution in [-0.2, 0) is 25.7 Å². The van der Waals surface area contributed by atoms with Crippen LogP contribution < -0.4 is 10.1 Å². The van der Waals surface area contributed by atoms with Gasteiger partial charge in [0, 0.05) is 0 Å². The molecule has 0 saturated carbocycles. The van der Waals surface area contributed by atoms with Crippen LogP contribution in [0.4, 0.5) is 0 Å². The van der Waals surface area contributed by atoms with Crippen LogP contribution in [-0.4, -0.2) is 51.6 Å². The number of hydrogen-bond acceptors (Lipinski definition) is 7. The van der Waals surface area contributed by atoms with E-state index >= 15 is 0 Å². The molecule has 4 rings (SSSR count). The third-order valence-electron chi connectivity index (χ3n) is 4.78. The van der Waals surface area contributed by atoms with Gasteiger partial charge in [-0.1, -0.05) is 48.5 Å². The Morgan fingerprint density at radius 3 is 2.48 bits per heavy atom. The Morgan fingerprint density at radius 1 is 1.10 bits per heavy atom. The van der Waals surface area contributed by atoms with Crippen LogP contribution in [0.1, 0.15) is 5.56 Å². The normalized spacial score (nSPS) is 19.9. The number of esters is 1. The molecular formula is C22H20N2O6S. The molecule has 0 spiro atoms. The maximum Gasteiger partial charge on any atom is 0.358 e. The van der Waals surface area contributed by atoms with E-state index in [0.29, 0.717) is 5.75 Å². The third kappa shape index (κ3) is 4.51. The molecule has 2 atom stereocenters. The maximum atomic E-state index is 12.6. The number of β-lactam (4-membered cyclic amide) rings is 1. The Hall–Kier alpha value is -3.46. The highest BCUT2D eigenvalue weighted by atomic mass is 32.2. The van der Waals surface area contributed by atoms with Crippen LogP contribution in [0.25, 0.3) is 0 Å². The Labute approximate surface area is 182 Å². The van der Waals surface area contributed by atoms with Crippen LogP contribution >= 0.6 is 11.8 Å². The first-order valence-corrected chi connectivity index (χ1v) is 10.6. The van der Waals surface area contributed by atoms with Crippen molar-refractivity contribution in [2.24, 2.45) is 0 Å². The van der Waals surface area contributed by atoms with Gasteiger partial charge >= 0.3 is 5.97 Å². The molecule has 9 heteroatoms. The number of carbonyl (C=O) groups is 3. The van der Waals surface area contributed by atoms with Gasteiger partial charge in [0.2, 0.25) is 0 Å². The van der Waals surface area contributed by atoms with Crippen molar-refractivity contribution in [2.45, 2.75) is 18.0 Å². The van der Waals surface area contributed by atoms with E-state index in [1.807, 2.05) is 24.3 Å². The average molecular weight is 440 g/mol. The predicted molar refractivity (Wildman–Crippen MR) is 113 cm³/mol. The Balaban J connectivity index is 1.35. The molecule has 2 aliphatic heterocycles. The monoisotopic (exact) mass is 440 g/mol. The average Bonchev–Trinajstić information content (AvgIpc) is 2.80. The summed E-state index contributed by atoms with van der Waals surface area (Å²) in [5.41, 5.74) is 0.617. The minimum Gasteiger partial charge on any atom is -0.509 e. The fourth-order valence-electron chi connectivity index (χ4n) is 3.27. The Kier molecular flexibility index (Phi) is 6.13. The molecule has 31 heavy (non-hydrogen) atoms. The van der Waals surface area contributed by atoms with Crippen molar-refractivity contribution < 1.29 is 29.0 Å². The molecule has 2 heterocycles. The molecule has 1 saturated heterocycles. The van der Waals surface area contributed by atoms with Crippen molar-refractivity contribution in [3.8, 4) is 5.75 Å². The zero-order valence-corrected chi connectivity index (χ0v) is 17.2. The molecule has 1 fully saturated rings. The van der Waals surface area contributed by atoms with Gasteiger partial charge in [-0.3, -0.25) is 14.5 Å². The first-order valence-electron chi connectivity index (χ1n) is 9.59. The molecule has 2 aromatic rings. The second-order valence-electron chi connectivity index (χ2n) is 6.91. The SMILES string of the molecule is O=C(COc1ccccc1)N[C@@H]1C(=O)N2C(C(=O)OCc3ccccc3)=C(O)CS[C@H]12. The van der Waals surface area contributed by atoms with Crippen molar-refractivity contribution in [1.29, 1.82) is 0 Å². The zero-order chi connectivity index (χ0) is 21.8. The standard InChI is InChI=1S/C22H20N2O6S/c25-16-13-31-21-18(23-17(26)12-29-15-9-5-2-6-10-15)20(27)24(21)19(16)22(28)30-11-14-7-3-1-4-8-14/h1-10,18,21,25H,11-13H2,(H,23,26)/t18-,21-/m1/s1. The minimum atomic E-state index is -0.804. The van der Waals surface area contributed by atoms with Crippen LogP contribution in [0.15, 0.2) is 72.1 Å². The summed E-state index contributed by atoms with van der Waals surface area (Å²) in [5.74, 6) is -1.25. The molecule has 2 aromatic carbocycles. The number of nitrogens with zero attached hydrogens (tertiary/aromatic N) is 1. The molecule has 2 aliphatic rings. The quantitative estimate of drug-likeness (QED) is 0.501. The number of amides is 2. The largest absolute Gasteiger partial charge is 0.509 e. The van der Waals surface area contributed by atoms with Gasteiger partial charge in [0.05, 0.1) is 5.75 Å². The number of aliphatic hydroxyl groups excluding tert-OH is 1. The summed E-state index contributed by atoms with van der Waals surface area (Å²) in [4.78, 5) is 38.6. The fourth-order valence-corrected chi connectivity index (χ4v) is 4.47. The second kappa shape index (κ2) is 9.13. The van der Waals surface area contributed by atoms with E-state index in [-0.39, 0.29) is 30.4 Å². The molecule has 0 bridgehead atoms. The van der Waals surface area contributed by atoms with Crippen LogP contribution in [0.2, 0.25) is 0 Å². The van der Waals surface area contributed by atoms with E-state index in [1.54, 1.807) is 36.4 Å². The number of fused-ring (bicyclic) bond motifs is 1. The molecule has 0 aromatic heterocycles. The van der Waals surface area contributed by atoms with E-state index in [1.165, 1.54) is 16.7 Å². The highest BCUT2D eigenvalue weighted by Crippen LogP contribution is 2.40. The molecule has 8 nitrogen and oxygen atoms in total. The van der Waals surface area contributed by atoms with Gasteiger partial charge in [0.25, 0.3) is 11.8 Å². The van der Waals surface area contributed by atoms with Gasteiger partial charge < -0.3 is 19.9 Å². The van der Waals surface area contributed by atoms with E-state index in [0.717, 1.165) is 5.56 Å². The number of para-hydroxylation sites is 1. The zero-order valence-electron chi connectivity index (χ0n) is 16.4. The predicted octanol–water partition coefficient (Wildman–Crippen LogP) is 1.98. The van der Waals surface area contributed by atoms with Crippen molar-refractivity contribution in [3.63, 3.8) is 0 Å². The van der Waals surface area contributed by atoms with Gasteiger partial charge in [-0.15, -0.1) is 11.8 Å². The first kappa shape index (κ1) is 20.8. The van der Waals surface area contributed by atoms with Crippen LogP contribution in [0.3, 0.4) is 0 Å². The van der Waals surface area contributed by atoms with Crippen LogP contribution in [0.5, 0.6) is 5.75 Å². The Morgan fingerprint density at radius 2 is 1.77 bits per heavy atom. The molecule has 0 radical (unpaired) electrons. The van der Waals surface area contributed by atoms with Crippen molar-refractivity contribution in [3.05, 3.63) is 77.7 Å². The van der Waals surface area contributed by atoms with Crippen LogP contribution in [0, 0.1) is 0 Å². The molecule has 160 valence electrons. The van der Waals surface area contributed by atoms with E-state index in [9.17, 15) is 19.5 Å². The van der Waals surface area contributed by atoms with E-state index in [2.05, 4.69) is 5.32 Å². The summed E-state index contributed by atoms with van der Waals surface area (Å²) in [6.07, 6.45) is 0. The Bertz CT molecular complexity index is 1010. The second-order valence-corrected chi connectivity index (χ2v) is 8.02. The fraction of sp³-hybridized carbons (Fsp3) is 0.227. The summed E-state index contributed by atoms with van der Waals surface area (Å²) in [7, 11) is 0. The molecule has 2 amide bonds. The number of benzene rings is 2. The summed E-state index contributed by atoms with van der Waals surface area (Å²) in [6, 6.07) is 17.2. The van der Waals surface area contributed by atoms with E-state index < -0.39 is 29.2 Å². The maximum absolute atomic E-state index is 12.6. The molecular weight excluding hydrogens is 420 g/mol. The number of ether oxygens (including phenoxy) is 2. The number of hydrogen-bond donors (Lipinski definition) is 2. The van der Waals surface area contributed by atoms with Crippen molar-refractivity contribution >= 4 is 29.5 Å². The summed E-state index contributed by atoms with van der Waals surface area (Å²) < 4.78 is 10.7. The van der Waals surface area contributed by atoms with Crippen molar-refractivity contribution in [1.82, 2.24) is 10.2 Å². The smallest absolute Gasteiger partial charge is 0.358 e. The number of rotatable bonds is 7. The highest BCUT2D eigenvalue weighted by Gasteiger charge is 2.54. The number of carbonyl (C=O) groups excluding carboxylic acids is 3. The van der Waals surface area contributed by atoms with Gasteiger partial charge in [-0.05, 0) is 17.7 Å². The summed E-state index contributed by atoms with van der Waals surface area (Å²) in [6.45, 7) is -0.217. The number of thioether (sulfide) groups is 1. The first-order chi connectivity index (χ1) is 15.0. The van der Waals surface area contributed by atoms with Crippen molar-refractivity contribution in [2.75, 3.05) is 12.4 Å². The molecule has 2 N–H and O–H groups in total. The summed E-state index contributed by atoms with van der Waals surface area (Å²) in [5, 5.41) is 12.4. The highest BCUT2D eigenvalue weighted by molar-refractivity contribution is 8.00. The van der Waals surface area contributed by atoms with Gasteiger partial charge in [0.15, 0.2) is 12.3 Å². The number of nitrogens with one attached hydrogen (secondary N) is 1. The lowest BCUT2D eigenvalue weighted by Gasteiger charge is -2.48.